The van der Waals surface area contributed by atoms with Crippen molar-refractivity contribution in [3.8, 4) is 0 Å². The van der Waals surface area contributed by atoms with E-state index in [-0.39, 0.29) is 21.6 Å². The van der Waals surface area contributed by atoms with E-state index in [0.717, 1.165) is 0 Å². The molecule has 2 amide bonds. The normalized spacial score (nSPS) is 14.7. The van der Waals surface area contributed by atoms with E-state index in [0.29, 0.717) is 11.4 Å². The minimum atomic E-state index is -3.95. The summed E-state index contributed by atoms with van der Waals surface area (Å²) in [6, 6.07) is 22.9. The number of nitrogens with one attached hydrogen (secondary N) is 1. The Kier molecular flexibility index (Phi) is 7.17. The highest BCUT2D eigenvalue weighted by Crippen LogP contribution is 2.28. The molecule has 13 heteroatoms. The number of nitrogens with zero attached hydrogens (tertiary/aromatic N) is 6. The van der Waals surface area contributed by atoms with Gasteiger partial charge in [-0.3, -0.25) is 19.4 Å². The van der Waals surface area contributed by atoms with Crippen LogP contribution in [0.25, 0.3) is 0 Å². The zero-order valence-corrected chi connectivity index (χ0v) is 21.7. The number of hydrogen-bond acceptors (Lipinski definition) is 9. The van der Waals surface area contributed by atoms with Crippen molar-refractivity contribution in [2.45, 2.75) is 10.9 Å². The molecule has 0 radical (unpaired) electrons. The molecule has 1 fully saturated rings. The molecule has 1 saturated heterocycles. The van der Waals surface area contributed by atoms with Crippen molar-refractivity contribution >= 4 is 62.2 Å². The molecule has 1 aliphatic rings. The number of amides is 2. The maximum atomic E-state index is 13.4. The van der Waals surface area contributed by atoms with Crippen molar-refractivity contribution in [3.05, 3.63) is 103 Å². The van der Waals surface area contributed by atoms with Crippen molar-refractivity contribution in [3.63, 3.8) is 0 Å². The molecule has 39 heavy (non-hydrogen) atoms. The van der Waals surface area contributed by atoms with Gasteiger partial charge >= 0.3 is 0 Å². The molecule has 4 aromatic rings. The first-order valence-electron chi connectivity index (χ1n) is 11.5. The van der Waals surface area contributed by atoms with Gasteiger partial charge in [0.25, 0.3) is 21.8 Å². The first kappa shape index (κ1) is 25.8. The third kappa shape index (κ3) is 5.39. The van der Waals surface area contributed by atoms with E-state index in [1.807, 2.05) is 0 Å². The number of azo groups is 1. The minimum Gasteiger partial charge on any atom is -0.271 e. The molecule has 3 aromatic carbocycles. The van der Waals surface area contributed by atoms with Crippen LogP contribution in [0.15, 0.2) is 119 Å². The fraction of sp³-hybridized carbons (Fsp3) is 0.0385. The van der Waals surface area contributed by atoms with E-state index < -0.39 is 27.9 Å². The maximum Gasteiger partial charge on any atom is 0.269 e. The van der Waals surface area contributed by atoms with E-state index >= 15 is 0 Å². The third-order valence-electron chi connectivity index (χ3n) is 5.55. The van der Waals surface area contributed by atoms with Gasteiger partial charge in [0.2, 0.25) is 12.0 Å². The fourth-order valence-corrected chi connectivity index (χ4v) is 5.06. The van der Waals surface area contributed by atoms with E-state index in [4.69, 9.17) is 12.2 Å². The van der Waals surface area contributed by atoms with Gasteiger partial charge < -0.3 is 0 Å². The molecule has 0 bridgehead atoms. The average molecular weight is 558 g/mol. The largest absolute Gasteiger partial charge is 0.271 e. The summed E-state index contributed by atoms with van der Waals surface area (Å²) in [5.74, 6) is -1.38. The zero-order chi connectivity index (χ0) is 27.4. The van der Waals surface area contributed by atoms with Gasteiger partial charge in [0.1, 0.15) is 0 Å². The summed E-state index contributed by atoms with van der Waals surface area (Å²) in [6.07, 6.45) is 2.82. The summed E-state index contributed by atoms with van der Waals surface area (Å²) in [5.41, 5.74) is 1.19. The Morgan fingerprint density at radius 3 is 1.77 bits per heavy atom. The van der Waals surface area contributed by atoms with Crippen molar-refractivity contribution in [1.82, 2.24) is 9.97 Å². The highest BCUT2D eigenvalue weighted by molar-refractivity contribution is 7.92. The lowest BCUT2D eigenvalue weighted by Crippen LogP contribution is -2.62. The number of anilines is 3. The molecule has 5 rings (SSSR count). The van der Waals surface area contributed by atoms with E-state index in [2.05, 4.69) is 24.9 Å². The van der Waals surface area contributed by atoms with Crippen LogP contribution in [-0.4, -0.2) is 41.4 Å². The molecule has 0 unspecified atom stereocenters. The molecular formula is C26H19N7O4S2. The van der Waals surface area contributed by atoms with Crippen molar-refractivity contribution < 1.29 is 18.0 Å². The van der Waals surface area contributed by atoms with E-state index in [9.17, 15) is 18.0 Å². The number of para-hydroxylation sites is 2. The van der Waals surface area contributed by atoms with Crippen LogP contribution in [-0.2, 0) is 19.6 Å². The number of hydrogen-bond donors (Lipinski definition) is 1. The third-order valence-corrected chi connectivity index (χ3v) is 7.26. The second kappa shape index (κ2) is 10.8. The SMILES string of the molecule is O=C1C(N=Nc2ccc(S(=O)(=O)Nc3ncccn3)cc2)C(=O)N(c2ccccc2)C(=S)N1c1ccccc1. The highest BCUT2D eigenvalue weighted by Gasteiger charge is 2.45. The van der Waals surface area contributed by atoms with Crippen LogP contribution >= 0.6 is 12.2 Å². The molecule has 0 saturated carbocycles. The second-order valence-electron chi connectivity index (χ2n) is 8.09. The molecular weight excluding hydrogens is 538 g/mol. The fourth-order valence-electron chi connectivity index (χ4n) is 3.71. The van der Waals surface area contributed by atoms with E-state index in [1.165, 1.54) is 46.5 Å². The van der Waals surface area contributed by atoms with Crippen molar-refractivity contribution in [1.29, 1.82) is 0 Å². The summed E-state index contributed by atoms with van der Waals surface area (Å²) < 4.78 is 27.5. The number of thiocarbonyl (C=S) groups is 1. The van der Waals surface area contributed by atoms with Gasteiger partial charge in [-0.1, -0.05) is 36.4 Å². The van der Waals surface area contributed by atoms with Gasteiger partial charge in [0, 0.05) is 12.4 Å². The maximum absolute atomic E-state index is 13.4. The molecule has 0 spiro atoms. The predicted molar refractivity (Wildman–Crippen MR) is 148 cm³/mol. The van der Waals surface area contributed by atoms with Crippen LogP contribution in [0.5, 0.6) is 0 Å². The van der Waals surface area contributed by atoms with Crippen LogP contribution in [0.3, 0.4) is 0 Å². The van der Waals surface area contributed by atoms with Gasteiger partial charge in [-0.2, -0.15) is 10.2 Å². The van der Waals surface area contributed by atoms with Crippen LogP contribution in [0.2, 0.25) is 0 Å². The lowest BCUT2D eigenvalue weighted by atomic mass is 10.1. The predicted octanol–water partition coefficient (Wildman–Crippen LogP) is 4.09. The Bertz CT molecular complexity index is 1590. The molecule has 11 nitrogen and oxygen atoms in total. The van der Waals surface area contributed by atoms with Crippen LogP contribution in [0.1, 0.15) is 0 Å². The van der Waals surface area contributed by atoms with Gasteiger partial charge in [-0.25, -0.2) is 23.1 Å². The van der Waals surface area contributed by atoms with Crippen LogP contribution < -0.4 is 14.5 Å². The van der Waals surface area contributed by atoms with Crippen molar-refractivity contribution in [2.24, 2.45) is 10.2 Å². The quantitative estimate of drug-likeness (QED) is 0.205. The standard InChI is InChI=1S/C26H19N7O4S2/c34-23-22(30-29-18-12-14-21(15-13-18)39(36,37)31-25-27-16-7-17-28-25)24(35)33(20-10-5-2-6-11-20)26(38)32(23)19-8-3-1-4-9-19/h1-17,22H,(H,27,28,31). The summed E-state index contributed by atoms with van der Waals surface area (Å²) >= 11 is 5.56. The Labute approximate surface area is 228 Å². The molecule has 1 aliphatic heterocycles. The molecule has 0 aliphatic carbocycles. The van der Waals surface area contributed by atoms with Crippen LogP contribution in [0, 0.1) is 0 Å². The minimum absolute atomic E-state index is 0.00157. The summed E-state index contributed by atoms with van der Waals surface area (Å²) in [7, 11) is -3.95. The lowest BCUT2D eigenvalue weighted by molar-refractivity contribution is -0.128. The summed E-state index contributed by atoms with van der Waals surface area (Å²) in [5, 5.41) is 8.12. The Balaban J connectivity index is 1.43. The second-order valence-corrected chi connectivity index (χ2v) is 10.1. The van der Waals surface area contributed by atoms with E-state index in [1.54, 1.807) is 66.7 Å². The zero-order valence-electron chi connectivity index (χ0n) is 20.0. The molecule has 194 valence electrons. The highest BCUT2D eigenvalue weighted by atomic mass is 32.2. The van der Waals surface area contributed by atoms with Gasteiger partial charge in [0.05, 0.1) is 22.0 Å². The summed E-state index contributed by atoms with van der Waals surface area (Å²) in [4.78, 5) is 37.0. The first-order valence-corrected chi connectivity index (χ1v) is 13.4. The van der Waals surface area contributed by atoms with Crippen molar-refractivity contribution in [2.75, 3.05) is 14.5 Å². The monoisotopic (exact) mass is 557 g/mol. The Morgan fingerprint density at radius 1 is 0.744 bits per heavy atom. The number of carbonyl (C=O) groups excluding carboxylic acids is 2. The Morgan fingerprint density at radius 2 is 1.26 bits per heavy atom. The lowest BCUT2D eigenvalue weighted by Gasteiger charge is -2.37. The van der Waals surface area contributed by atoms with Gasteiger partial charge in [-0.15, -0.1) is 0 Å². The molecule has 1 N–H and O–H groups in total. The molecule has 1 aromatic heterocycles. The average Bonchev–Trinajstić information content (AvgIpc) is 2.95. The number of benzene rings is 3. The molecule has 0 atom stereocenters. The number of rotatable bonds is 7. The smallest absolute Gasteiger partial charge is 0.269 e. The van der Waals surface area contributed by atoms with Crippen LogP contribution in [0.4, 0.5) is 23.0 Å². The Hall–Kier alpha value is -4.88. The first-order chi connectivity index (χ1) is 18.8. The van der Waals surface area contributed by atoms with Gasteiger partial charge in [-0.05, 0) is 66.8 Å². The molecule has 2 heterocycles. The number of carbonyl (C=O) groups is 2. The number of aromatic nitrogens is 2. The van der Waals surface area contributed by atoms with Gasteiger partial charge in [0.15, 0.2) is 5.11 Å². The number of sulfonamides is 1. The topological polar surface area (TPSA) is 137 Å². The summed E-state index contributed by atoms with van der Waals surface area (Å²) in [6.45, 7) is 0.